The highest BCUT2D eigenvalue weighted by atomic mass is 16.4. The summed E-state index contributed by atoms with van der Waals surface area (Å²) in [6.45, 7) is 10.0. The zero-order valence-electron chi connectivity index (χ0n) is 19.0. The van der Waals surface area contributed by atoms with Gasteiger partial charge in [-0.05, 0) is 110 Å². The molecule has 0 saturated heterocycles. The smallest absolute Gasteiger partial charge is 0.309 e. The second-order valence-electron chi connectivity index (χ2n) is 12.6. The summed E-state index contributed by atoms with van der Waals surface area (Å²) in [5.74, 6) is 2.28. The Balaban J connectivity index is 1.52. The molecule has 29 heavy (non-hydrogen) atoms. The molecule has 0 amide bonds. The molecule has 3 nitrogen and oxygen atoms in total. The summed E-state index contributed by atoms with van der Waals surface area (Å²) in [6, 6.07) is 0. The first kappa shape index (κ1) is 20.3. The van der Waals surface area contributed by atoms with Crippen molar-refractivity contribution in [2.75, 3.05) is 0 Å². The van der Waals surface area contributed by atoms with Crippen LogP contribution in [-0.4, -0.2) is 22.3 Å². The fraction of sp³-hybridized carbons (Fsp3) is 0.962. The molecule has 0 radical (unpaired) electrons. The molecule has 10 atom stereocenters. The second kappa shape index (κ2) is 6.24. The predicted octanol–water partition coefficient (Wildman–Crippen LogP) is 5.90. The Bertz CT molecular complexity index is 704. The number of hydrogen-bond donors (Lipinski definition) is 2. The molecule has 5 aliphatic carbocycles. The summed E-state index contributed by atoms with van der Waals surface area (Å²) < 4.78 is 0. The van der Waals surface area contributed by atoms with Crippen molar-refractivity contribution in [2.24, 2.45) is 51.2 Å². The monoisotopic (exact) mass is 402 g/mol. The van der Waals surface area contributed by atoms with Crippen LogP contribution < -0.4 is 0 Å². The molecule has 3 heteroatoms. The number of aliphatic carboxylic acids is 1. The van der Waals surface area contributed by atoms with E-state index in [0.717, 1.165) is 44.4 Å². The minimum atomic E-state index is -0.500. The second-order valence-corrected chi connectivity index (χ2v) is 12.6. The molecule has 8 unspecified atom stereocenters. The average molecular weight is 403 g/mol. The lowest BCUT2D eigenvalue weighted by molar-refractivity contribution is -0.234. The predicted molar refractivity (Wildman–Crippen MR) is 114 cm³/mol. The van der Waals surface area contributed by atoms with Gasteiger partial charge in [0, 0.05) is 0 Å². The van der Waals surface area contributed by atoms with E-state index in [-0.39, 0.29) is 11.5 Å². The van der Waals surface area contributed by atoms with Crippen molar-refractivity contribution in [1.29, 1.82) is 0 Å². The van der Waals surface area contributed by atoms with Crippen LogP contribution in [0.4, 0.5) is 0 Å². The fourth-order valence-electron chi connectivity index (χ4n) is 10.5. The number of aliphatic hydroxyl groups excluding tert-OH is 1. The van der Waals surface area contributed by atoms with Crippen LogP contribution in [0.25, 0.3) is 0 Å². The molecule has 5 saturated carbocycles. The van der Waals surface area contributed by atoms with E-state index < -0.39 is 11.4 Å². The van der Waals surface area contributed by atoms with Crippen LogP contribution in [0.1, 0.15) is 98.3 Å². The van der Waals surface area contributed by atoms with E-state index in [1.807, 2.05) is 0 Å². The van der Waals surface area contributed by atoms with Crippen molar-refractivity contribution in [3.63, 3.8) is 0 Å². The van der Waals surface area contributed by atoms with Crippen LogP contribution in [-0.2, 0) is 4.79 Å². The molecule has 2 N–H and O–H groups in total. The van der Waals surface area contributed by atoms with Gasteiger partial charge in [-0.25, -0.2) is 0 Å². The quantitative estimate of drug-likeness (QED) is 0.574. The van der Waals surface area contributed by atoms with Crippen LogP contribution in [0.3, 0.4) is 0 Å². The average Bonchev–Trinajstić information content (AvgIpc) is 3.11. The van der Waals surface area contributed by atoms with Gasteiger partial charge >= 0.3 is 5.97 Å². The Morgan fingerprint density at radius 1 is 0.793 bits per heavy atom. The normalized spacial score (nSPS) is 59.2. The molecule has 5 fully saturated rings. The van der Waals surface area contributed by atoms with Crippen molar-refractivity contribution in [3.05, 3.63) is 0 Å². The topological polar surface area (TPSA) is 57.5 Å². The van der Waals surface area contributed by atoms with Crippen LogP contribution in [0.2, 0.25) is 0 Å². The first-order valence-electron chi connectivity index (χ1n) is 12.5. The maximum atomic E-state index is 12.4. The first-order valence-corrected chi connectivity index (χ1v) is 12.5. The van der Waals surface area contributed by atoms with Gasteiger partial charge in [-0.2, -0.15) is 0 Å². The van der Waals surface area contributed by atoms with E-state index in [0.29, 0.717) is 34.5 Å². The third-order valence-corrected chi connectivity index (χ3v) is 12.3. The third-order valence-electron chi connectivity index (χ3n) is 12.3. The standard InChI is InChI=1S/C26H42O3/c1-16-17-9-13-25(4)21(23(17,2)12-10-20(16)27)8-7-18-19-6-5-11-26(19,22(28)29)15-14-24(18,25)3/h16-21,27H,5-15H2,1-4H3,(H,28,29)/t16?,17?,18?,19?,20?,21?,23?,24-,25?,26+/m1/s1. The van der Waals surface area contributed by atoms with Gasteiger partial charge in [-0.1, -0.05) is 34.1 Å². The Morgan fingerprint density at radius 3 is 2.28 bits per heavy atom. The van der Waals surface area contributed by atoms with Crippen LogP contribution >= 0.6 is 0 Å². The molecule has 0 aromatic carbocycles. The molecule has 5 rings (SSSR count). The van der Waals surface area contributed by atoms with E-state index in [1.54, 1.807) is 0 Å². The zero-order chi connectivity index (χ0) is 20.8. The number of rotatable bonds is 1. The van der Waals surface area contributed by atoms with Crippen LogP contribution in [0, 0.1) is 51.2 Å². The van der Waals surface area contributed by atoms with Gasteiger partial charge in [0.05, 0.1) is 11.5 Å². The Morgan fingerprint density at radius 2 is 1.55 bits per heavy atom. The Labute approximate surface area is 177 Å². The van der Waals surface area contributed by atoms with Gasteiger partial charge in [0.25, 0.3) is 0 Å². The maximum Gasteiger partial charge on any atom is 0.309 e. The van der Waals surface area contributed by atoms with Gasteiger partial charge < -0.3 is 10.2 Å². The van der Waals surface area contributed by atoms with Gasteiger partial charge in [0.15, 0.2) is 0 Å². The summed E-state index contributed by atoms with van der Waals surface area (Å²) in [4.78, 5) is 12.4. The molecule has 0 bridgehead atoms. The maximum absolute atomic E-state index is 12.4. The van der Waals surface area contributed by atoms with E-state index in [4.69, 9.17) is 0 Å². The van der Waals surface area contributed by atoms with Crippen molar-refractivity contribution in [1.82, 2.24) is 0 Å². The van der Waals surface area contributed by atoms with Gasteiger partial charge in [0.2, 0.25) is 0 Å². The van der Waals surface area contributed by atoms with E-state index >= 15 is 0 Å². The summed E-state index contributed by atoms with van der Waals surface area (Å²) >= 11 is 0. The summed E-state index contributed by atoms with van der Waals surface area (Å²) in [5.41, 5.74) is 0.516. The number of carboxylic acids is 1. The van der Waals surface area contributed by atoms with E-state index in [9.17, 15) is 15.0 Å². The number of carbonyl (C=O) groups is 1. The van der Waals surface area contributed by atoms with Crippen molar-refractivity contribution in [2.45, 2.75) is 104 Å². The molecular formula is C26H42O3. The molecule has 0 spiro atoms. The SMILES string of the molecule is CC1C(O)CCC2(C)C1CCC1(C)C2CCC2C3CCC[C@]3(C(=O)O)CC[C@]21C. The number of aliphatic hydroxyl groups is 1. The lowest BCUT2D eigenvalue weighted by atomic mass is 9.33. The van der Waals surface area contributed by atoms with Crippen LogP contribution in [0.15, 0.2) is 0 Å². The summed E-state index contributed by atoms with van der Waals surface area (Å²) in [5, 5.41) is 20.8. The summed E-state index contributed by atoms with van der Waals surface area (Å²) in [7, 11) is 0. The lowest BCUT2D eigenvalue weighted by Crippen LogP contribution is -2.65. The molecule has 5 aliphatic rings. The molecule has 0 aliphatic heterocycles. The van der Waals surface area contributed by atoms with Gasteiger partial charge in [0.1, 0.15) is 0 Å². The van der Waals surface area contributed by atoms with E-state index in [1.165, 1.54) is 32.1 Å². The number of fused-ring (bicyclic) bond motifs is 7. The molecule has 0 aromatic rings. The Hall–Kier alpha value is -0.570. The van der Waals surface area contributed by atoms with Crippen molar-refractivity contribution < 1.29 is 15.0 Å². The fourth-order valence-corrected chi connectivity index (χ4v) is 10.5. The van der Waals surface area contributed by atoms with Crippen molar-refractivity contribution >= 4 is 5.97 Å². The number of hydrogen-bond acceptors (Lipinski definition) is 2. The minimum Gasteiger partial charge on any atom is -0.481 e. The molecule has 164 valence electrons. The van der Waals surface area contributed by atoms with Gasteiger partial charge in [-0.3, -0.25) is 4.79 Å². The highest BCUT2D eigenvalue weighted by Crippen LogP contribution is 2.75. The van der Waals surface area contributed by atoms with E-state index in [2.05, 4.69) is 27.7 Å². The molecular weight excluding hydrogens is 360 g/mol. The summed E-state index contributed by atoms with van der Waals surface area (Å²) in [6.07, 6.45) is 12.2. The van der Waals surface area contributed by atoms with Crippen LogP contribution in [0.5, 0.6) is 0 Å². The third kappa shape index (κ3) is 2.32. The lowest BCUT2D eigenvalue weighted by Gasteiger charge is -2.71. The zero-order valence-corrected chi connectivity index (χ0v) is 19.0. The molecule has 0 aromatic heterocycles. The first-order chi connectivity index (χ1) is 13.6. The molecule has 0 heterocycles. The van der Waals surface area contributed by atoms with Crippen molar-refractivity contribution in [3.8, 4) is 0 Å². The highest BCUT2D eigenvalue weighted by Gasteiger charge is 2.69. The highest BCUT2D eigenvalue weighted by molar-refractivity contribution is 5.76. The largest absolute Gasteiger partial charge is 0.481 e. The number of carboxylic acid groups (broad SMARTS) is 1. The van der Waals surface area contributed by atoms with Gasteiger partial charge in [-0.15, -0.1) is 0 Å². The minimum absolute atomic E-state index is 0.117. The Kier molecular flexibility index (Phi) is 4.37.